The Bertz CT molecular complexity index is 1150. The van der Waals surface area contributed by atoms with Gasteiger partial charge in [-0.15, -0.1) is 0 Å². The van der Waals surface area contributed by atoms with E-state index in [1.807, 2.05) is 18.2 Å². The fourth-order valence-corrected chi connectivity index (χ4v) is 6.61. The molecule has 7 nitrogen and oxygen atoms in total. The van der Waals surface area contributed by atoms with Crippen LogP contribution in [0.15, 0.2) is 48.5 Å². The van der Waals surface area contributed by atoms with Crippen LogP contribution in [0, 0.1) is 5.41 Å². The van der Waals surface area contributed by atoms with Crippen molar-refractivity contribution in [2.24, 2.45) is 5.41 Å². The van der Waals surface area contributed by atoms with Crippen LogP contribution in [0.1, 0.15) is 52.7 Å². The minimum Gasteiger partial charge on any atom is -0.322 e. The highest BCUT2D eigenvalue weighted by Gasteiger charge is 2.57. The third kappa shape index (κ3) is 3.46. The predicted octanol–water partition coefficient (Wildman–Crippen LogP) is 1.86. The van der Waals surface area contributed by atoms with Crippen molar-refractivity contribution in [2.75, 3.05) is 19.6 Å². The maximum Gasteiger partial charge on any atom is 0.255 e. The minimum atomic E-state index is -0.581. The number of amides is 3. The zero-order valence-corrected chi connectivity index (χ0v) is 19.2. The molecule has 3 N–H and O–H groups in total. The summed E-state index contributed by atoms with van der Waals surface area (Å²) in [6, 6.07) is 16.2. The molecule has 0 bridgehead atoms. The summed E-state index contributed by atoms with van der Waals surface area (Å²) in [5, 5.41) is 9.48. The lowest BCUT2D eigenvalue weighted by Gasteiger charge is -2.61. The molecule has 0 aromatic heterocycles. The number of nitrogens with one attached hydrogen (secondary N) is 3. The molecule has 7 heteroatoms. The molecule has 3 amide bonds. The van der Waals surface area contributed by atoms with Crippen LogP contribution >= 0.6 is 0 Å². The summed E-state index contributed by atoms with van der Waals surface area (Å²) < 4.78 is 0. The first-order valence-electron chi connectivity index (χ1n) is 12.2. The molecule has 1 aliphatic carbocycles. The van der Waals surface area contributed by atoms with E-state index in [4.69, 9.17) is 0 Å². The molecule has 1 spiro atoms. The van der Waals surface area contributed by atoms with E-state index in [-0.39, 0.29) is 29.6 Å². The quantitative estimate of drug-likeness (QED) is 0.575. The van der Waals surface area contributed by atoms with Gasteiger partial charge >= 0.3 is 0 Å². The third-order valence-corrected chi connectivity index (χ3v) is 8.23. The predicted molar refractivity (Wildman–Crippen MR) is 127 cm³/mol. The molecule has 3 aliphatic heterocycles. The number of hydrogen-bond acceptors (Lipinski definition) is 5. The zero-order valence-electron chi connectivity index (χ0n) is 19.2. The molecule has 4 aliphatic rings. The average molecular weight is 459 g/mol. The zero-order chi connectivity index (χ0) is 23.3. The van der Waals surface area contributed by atoms with Crippen molar-refractivity contribution in [2.45, 2.75) is 50.2 Å². The first kappa shape index (κ1) is 21.5. The van der Waals surface area contributed by atoms with Gasteiger partial charge in [-0.2, -0.15) is 0 Å². The molecule has 1 unspecified atom stereocenters. The van der Waals surface area contributed by atoms with Crippen molar-refractivity contribution in [1.82, 2.24) is 20.9 Å². The summed E-state index contributed by atoms with van der Waals surface area (Å²) in [5.41, 5.74) is 4.60. The summed E-state index contributed by atoms with van der Waals surface area (Å²) in [6.07, 6.45) is 3.01. The van der Waals surface area contributed by atoms with Crippen LogP contribution in [0.4, 0.5) is 0 Å². The molecule has 1 saturated carbocycles. The van der Waals surface area contributed by atoms with E-state index in [1.54, 1.807) is 4.90 Å². The number of fused-ring (bicyclic) bond motifs is 1. The Balaban J connectivity index is 1.17. The maximum atomic E-state index is 13.4. The van der Waals surface area contributed by atoms with E-state index >= 15 is 0 Å². The summed E-state index contributed by atoms with van der Waals surface area (Å²) >= 11 is 0. The highest BCUT2D eigenvalue weighted by molar-refractivity contribution is 6.06. The molecule has 2 aromatic rings. The Morgan fingerprint density at radius 1 is 1.00 bits per heavy atom. The van der Waals surface area contributed by atoms with Gasteiger partial charge < -0.3 is 15.5 Å². The molecular weight excluding hydrogens is 428 g/mol. The fraction of sp³-hybridized carbons (Fsp3) is 0.444. The average Bonchev–Trinajstić information content (AvgIpc) is 3.12. The van der Waals surface area contributed by atoms with Gasteiger partial charge in [-0.3, -0.25) is 19.7 Å². The number of rotatable bonds is 6. The van der Waals surface area contributed by atoms with E-state index in [9.17, 15) is 14.4 Å². The largest absolute Gasteiger partial charge is 0.322 e. The second-order valence-corrected chi connectivity index (χ2v) is 10.6. The van der Waals surface area contributed by atoms with Crippen LogP contribution in [0.25, 0.3) is 0 Å². The van der Waals surface area contributed by atoms with Gasteiger partial charge in [0.1, 0.15) is 6.04 Å². The second-order valence-electron chi connectivity index (χ2n) is 10.6. The van der Waals surface area contributed by atoms with Crippen molar-refractivity contribution < 1.29 is 14.4 Å². The Morgan fingerprint density at radius 3 is 2.50 bits per heavy atom. The lowest BCUT2D eigenvalue weighted by atomic mass is 9.48. The number of carbonyl (C=O) groups excluding carboxylic acids is 3. The SMILES string of the molecule is O=C1CCC(N2Cc3cccc(CNCC4(c5ccccc5)CC5(CNC5)C4)c3C2=O)C(=O)N1. The summed E-state index contributed by atoms with van der Waals surface area (Å²) in [6.45, 7) is 4.11. The van der Waals surface area contributed by atoms with Crippen molar-refractivity contribution in [3.8, 4) is 0 Å². The van der Waals surface area contributed by atoms with Crippen LogP contribution < -0.4 is 16.0 Å². The second kappa shape index (κ2) is 8.03. The number of hydrogen-bond donors (Lipinski definition) is 3. The topological polar surface area (TPSA) is 90.5 Å². The molecule has 3 fully saturated rings. The van der Waals surface area contributed by atoms with Crippen molar-refractivity contribution in [1.29, 1.82) is 0 Å². The van der Waals surface area contributed by atoms with Crippen molar-refractivity contribution >= 4 is 17.7 Å². The van der Waals surface area contributed by atoms with E-state index in [0.29, 0.717) is 30.5 Å². The summed E-state index contributed by atoms with van der Waals surface area (Å²) in [5.74, 6) is -0.743. The Hall–Kier alpha value is -3.03. The molecule has 2 saturated heterocycles. The Kier molecular flexibility index (Phi) is 5.08. The van der Waals surface area contributed by atoms with Gasteiger partial charge in [-0.05, 0) is 41.4 Å². The number of benzene rings is 2. The lowest BCUT2D eigenvalue weighted by Crippen LogP contribution is -2.67. The molecule has 3 heterocycles. The fourth-order valence-electron chi connectivity index (χ4n) is 6.61. The molecule has 34 heavy (non-hydrogen) atoms. The van der Waals surface area contributed by atoms with Gasteiger partial charge in [0.2, 0.25) is 11.8 Å². The highest BCUT2D eigenvalue weighted by atomic mass is 16.2. The number of piperidine rings is 1. The van der Waals surface area contributed by atoms with Gasteiger partial charge in [0.25, 0.3) is 5.91 Å². The van der Waals surface area contributed by atoms with Crippen LogP contribution in [0.3, 0.4) is 0 Å². The minimum absolute atomic E-state index is 0.109. The number of nitrogens with zero attached hydrogens (tertiary/aromatic N) is 1. The van der Waals surface area contributed by atoms with Crippen LogP contribution in [0.5, 0.6) is 0 Å². The Morgan fingerprint density at radius 2 is 1.79 bits per heavy atom. The number of imide groups is 1. The molecule has 0 radical (unpaired) electrons. The standard InChI is InChI=1S/C27H30N4O3/c32-22-10-9-21(24(33)30-22)31-12-19-6-4-5-18(23(19)25(31)34)11-28-17-27(20-7-2-1-3-8-20)13-26(14-27)15-29-16-26/h1-8,21,28-29H,9-17H2,(H,30,32,33). The van der Waals surface area contributed by atoms with Gasteiger partial charge in [0.15, 0.2) is 0 Å². The van der Waals surface area contributed by atoms with Crippen molar-refractivity contribution in [3.63, 3.8) is 0 Å². The molecule has 176 valence electrons. The summed E-state index contributed by atoms with van der Waals surface area (Å²) in [7, 11) is 0. The van der Waals surface area contributed by atoms with Gasteiger partial charge in [-0.1, -0.05) is 48.5 Å². The molecule has 1 atom stereocenters. The van der Waals surface area contributed by atoms with E-state index < -0.39 is 6.04 Å². The van der Waals surface area contributed by atoms with Crippen molar-refractivity contribution in [3.05, 3.63) is 70.8 Å². The smallest absolute Gasteiger partial charge is 0.255 e. The highest BCUT2D eigenvalue weighted by Crippen LogP contribution is 2.57. The van der Waals surface area contributed by atoms with Crippen LogP contribution in [0.2, 0.25) is 0 Å². The van der Waals surface area contributed by atoms with Gasteiger partial charge in [0.05, 0.1) is 0 Å². The Labute approximate surface area is 199 Å². The third-order valence-electron chi connectivity index (χ3n) is 8.23. The first-order valence-corrected chi connectivity index (χ1v) is 12.2. The van der Waals surface area contributed by atoms with E-state index in [1.165, 1.54) is 18.4 Å². The van der Waals surface area contributed by atoms with Gasteiger partial charge in [-0.25, -0.2) is 0 Å². The van der Waals surface area contributed by atoms with Gasteiger partial charge in [0, 0.05) is 50.1 Å². The molecule has 2 aromatic carbocycles. The normalized spacial score (nSPS) is 24.4. The maximum absolute atomic E-state index is 13.4. The van der Waals surface area contributed by atoms with E-state index in [2.05, 4.69) is 46.3 Å². The van der Waals surface area contributed by atoms with E-state index in [0.717, 1.165) is 30.8 Å². The molecular formula is C27H30N4O3. The summed E-state index contributed by atoms with van der Waals surface area (Å²) in [4.78, 5) is 38.9. The molecule has 6 rings (SSSR count). The lowest BCUT2D eigenvalue weighted by molar-refractivity contribution is -0.136. The van der Waals surface area contributed by atoms with Crippen LogP contribution in [-0.4, -0.2) is 48.3 Å². The first-order chi connectivity index (χ1) is 16.5. The van der Waals surface area contributed by atoms with Crippen LogP contribution in [-0.2, 0) is 28.1 Å². The monoisotopic (exact) mass is 458 g/mol. The number of carbonyl (C=O) groups is 3.